The van der Waals surface area contributed by atoms with Gasteiger partial charge >= 0.3 is 0 Å². The Bertz CT molecular complexity index is 368. The molecule has 1 rings (SSSR count). The highest BCUT2D eigenvalue weighted by molar-refractivity contribution is 7.80. The molecule has 0 aliphatic rings. The fourth-order valence-corrected chi connectivity index (χ4v) is 1.51. The van der Waals surface area contributed by atoms with E-state index in [0.717, 1.165) is 0 Å². The number of halogens is 1. The minimum absolute atomic E-state index is 0.225. The number of thiocarbonyl (C=S) groups is 1. The van der Waals surface area contributed by atoms with E-state index in [0.29, 0.717) is 16.3 Å². The molecule has 0 aliphatic carbocycles. The SMILES string of the molecule is CC(O)COc1ccc(C(N)=S)c(Cl)c1. The van der Waals surface area contributed by atoms with Crippen LogP contribution in [0.5, 0.6) is 5.75 Å². The minimum Gasteiger partial charge on any atom is -0.491 e. The molecule has 5 heteroatoms. The van der Waals surface area contributed by atoms with Gasteiger partial charge in [-0.15, -0.1) is 0 Å². The van der Waals surface area contributed by atoms with Crippen molar-refractivity contribution >= 4 is 28.8 Å². The maximum absolute atomic E-state index is 9.03. The van der Waals surface area contributed by atoms with Gasteiger partial charge in [0.2, 0.25) is 0 Å². The Morgan fingerprint density at radius 3 is 2.80 bits per heavy atom. The topological polar surface area (TPSA) is 55.5 Å². The van der Waals surface area contributed by atoms with Crippen LogP contribution in [0, 0.1) is 0 Å². The van der Waals surface area contributed by atoms with Gasteiger partial charge in [0.05, 0.1) is 11.1 Å². The maximum atomic E-state index is 9.03. The Morgan fingerprint density at radius 2 is 2.33 bits per heavy atom. The molecule has 1 atom stereocenters. The quantitative estimate of drug-likeness (QED) is 0.794. The van der Waals surface area contributed by atoms with Crippen LogP contribution >= 0.6 is 23.8 Å². The molecule has 0 aromatic heterocycles. The number of benzene rings is 1. The van der Waals surface area contributed by atoms with Gasteiger partial charge in [0, 0.05) is 5.56 Å². The molecule has 0 bridgehead atoms. The van der Waals surface area contributed by atoms with Crippen LogP contribution in [-0.2, 0) is 0 Å². The van der Waals surface area contributed by atoms with E-state index in [1.54, 1.807) is 25.1 Å². The number of hydrogen-bond donors (Lipinski definition) is 2. The summed E-state index contributed by atoms with van der Waals surface area (Å²) in [5.41, 5.74) is 6.07. The predicted molar refractivity (Wildman–Crippen MR) is 64.5 cm³/mol. The third kappa shape index (κ3) is 3.66. The molecule has 0 heterocycles. The summed E-state index contributed by atoms with van der Waals surface area (Å²) in [6, 6.07) is 5.03. The lowest BCUT2D eigenvalue weighted by Crippen LogP contribution is -2.13. The average Bonchev–Trinajstić information content (AvgIpc) is 2.14. The standard InChI is InChI=1S/C10H12ClNO2S/c1-6(13)5-14-7-2-3-8(10(12)15)9(11)4-7/h2-4,6,13H,5H2,1H3,(H2,12,15). The Morgan fingerprint density at radius 1 is 1.67 bits per heavy atom. The van der Waals surface area contributed by atoms with Crippen LogP contribution in [0.15, 0.2) is 18.2 Å². The first-order valence-electron chi connectivity index (χ1n) is 4.41. The van der Waals surface area contributed by atoms with Gasteiger partial charge < -0.3 is 15.6 Å². The zero-order valence-electron chi connectivity index (χ0n) is 8.24. The van der Waals surface area contributed by atoms with E-state index in [1.165, 1.54) is 0 Å². The molecule has 1 aromatic carbocycles. The van der Waals surface area contributed by atoms with Crippen molar-refractivity contribution in [2.24, 2.45) is 5.73 Å². The van der Waals surface area contributed by atoms with Crippen molar-refractivity contribution in [1.82, 2.24) is 0 Å². The summed E-state index contributed by atoms with van der Waals surface area (Å²) in [7, 11) is 0. The van der Waals surface area contributed by atoms with Gasteiger partial charge in [-0.25, -0.2) is 0 Å². The molecule has 0 saturated heterocycles. The molecule has 0 saturated carbocycles. The predicted octanol–water partition coefficient (Wildman–Crippen LogP) is 1.73. The molecule has 3 nitrogen and oxygen atoms in total. The Balaban J connectivity index is 2.78. The van der Waals surface area contributed by atoms with Gasteiger partial charge in [0.25, 0.3) is 0 Å². The lowest BCUT2D eigenvalue weighted by molar-refractivity contribution is 0.123. The van der Waals surface area contributed by atoms with Crippen molar-refractivity contribution in [3.8, 4) is 5.75 Å². The molecule has 1 unspecified atom stereocenters. The van der Waals surface area contributed by atoms with Gasteiger partial charge in [0.1, 0.15) is 17.3 Å². The summed E-state index contributed by atoms with van der Waals surface area (Å²) in [6.07, 6.45) is -0.515. The fourth-order valence-electron chi connectivity index (χ4n) is 1.00. The number of aliphatic hydroxyl groups excluding tert-OH is 1. The zero-order valence-corrected chi connectivity index (χ0v) is 9.81. The molecule has 1 aromatic rings. The Hall–Kier alpha value is -0.840. The molecule has 3 N–H and O–H groups in total. The molecule has 0 fully saturated rings. The number of hydrogen-bond acceptors (Lipinski definition) is 3. The third-order valence-electron chi connectivity index (χ3n) is 1.70. The van der Waals surface area contributed by atoms with E-state index in [-0.39, 0.29) is 11.6 Å². The largest absolute Gasteiger partial charge is 0.491 e. The van der Waals surface area contributed by atoms with E-state index in [9.17, 15) is 0 Å². The van der Waals surface area contributed by atoms with Crippen molar-refractivity contribution in [1.29, 1.82) is 0 Å². The van der Waals surface area contributed by atoms with Crippen molar-refractivity contribution in [3.05, 3.63) is 28.8 Å². The zero-order chi connectivity index (χ0) is 11.4. The van der Waals surface area contributed by atoms with Crippen molar-refractivity contribution < 1.29 is 9.84 Å². The minimum atomic E-state index is -0.515. The summed E-state index contributed by atoms with van der Waals surface area (Å²) in [5, 5.41) is 9.48. The monoisotopic (exact) mass is 245 g/mol. The smallest absolute Gasteiger partial charge is 0.120 e. The van der Waals surface area contributed by atoms with Crippen LogP contribution in [0.3, 0.4) is 0 Å². The second kappa shape index (κ2) is 5.30. The lowest BCUT2D eigenvalue weighted by atomic mass is 10.2. The van der Waals surface area contributed by atoms with Gasteiger partial charge in [-0.1, -0.05) is 23.8 Å². The normalized spacial score (nSPS) is 12.2. The highest BCUT2D eigenvalue weighted by atomic mass is 35.5. The third-order valence-corrected chi connectivity index (χ3v) is 2.23. The van der Waals surface area contributed by atoms with Crippen molar-refractivity contribution in [2.45, 2.75) is 13.0 Å². The molecule has 0 radical (unpaired) electrons. The molecular formula is C10H12ClNO2S. The maximum Gasteiger partial charge on any atom is 0.120 e. The van der Waals surface area contributed by atoms with Gasteiger partial charge in [-0.05, 0) is 25.1 Å². The second-order valence-corrected chi connectivity index (χ2v) is 4.01. The first-order chi connectivity index (χ1) is 7.00. The van der Waals surface area contributed by atoms with E-state index < -0.39 is 6.10 Å². The van der Waals surface area contributed by atoms with Gasteiger partial charge in [-0.3, -0.25) is 0 Å². The number of nitrogens with two attached hydrogens (primary N) is 1. The summed E-state index contributed by atoms with van der Waals surface area (Å²) in [4.78, 5) is 0.252. The number of rotatable bonds is 4. The first kappa shape index (κ1) is 12.2. The fraction of sp³-hybridized carbons (Fsp3) is 0.300. The summed E-state index contributed by atoms with van der Waals surface area (Å²) in [5.74, 6) is 0.584. The Kier molecular flexibility index (Phi) is 4.32. The van der Waals surface area contributed by atoms with Gasteiger partial charge in [0.15, 0.2) is 0 Å². The number of aliphatic hydroxyl groups is 1. The average molecular weight is 246 g/mol. The molecule has 0 spiro atoms. The molecule has 0 amide bonds. The molecule has 15 heavy (non-hydrogen) atoms. The molecular weight excluding hydrogens is 234 g/mol. The van der Waals surface area contributed by atoms with Crippen LogP contribution in [0.1, 0.15) is 12.5 Å². The van der Waals surface area contributed by atoms with Gasteiger partial charge in [-0.2, -0.15) is 0 Å². The highest BCUT2D eigenvalue weighted by Gasteiger charge is 2.05. The van der Waals surface area contributed by atoms with E-state index >= 15 is 0 Å². The van der Waals surface area contributed by atoms with E-state index in [1.807, 2.05) is 0 Å². The van der Waals surface area contributed by atoms with Crippen LogP contribution in [0.4, 0.5) is 0 Å². The highest BCUT2D eigenvalue weighted by Crippen LogP contribution is 2.22. The second-order valence-electron chi connectivity index (χ2n) is 3.17. The molecule has 82 valence electrons. The van der Waals surface area contributed by atoms with E-state index in [4.69, 9.17) is 39.4 Å². The van der Waals surface area contributed by atoms with Crippen LogP contribution < -0.4 is 10.5 Å². The van der Waals surface area contributed by atoms with Crippen molar-refractivity contribution in [2.75, 3.05) is 6.61 Å². The lowest BCUT2D eigenvalue weighted by Gasteiger charge is -2.09. The van der Waals surface area contributed by atoms with Crippen LogP contribution in [0.25, 0.3) is 0 Å². The summed E-state index contributed by atoms with van der Waals surface area (Å²) < 4.78 is 5.26. The Labute approximate surface area is 98.8 Å². The molecule has 0 aliphatic heterocycles. The number of ether oxygens (including phenoxy) is 1. The van der Waals surface area contributed by atoms with Crippen molar-refractivity contribution in [3.63, 3.8) is 0 Å². The first-order valence-corrected chi connectivity index (χ1v) is 5.19. The van der Waals surface area contributed by atoms with E-state index in [2.05, 4.69) is 0 Å². The van der Waals surface area contributed by atoms with Crippen LogP contribution in [-0.4, -0.2) is 22.8 Å². The van der Waals surface area contributed by atoms with Crippen LogP contribution in [0.2, 0.25) is 5.02 Å². The summed E-state index contributed by atoms with van der Waals surface area (Å²) in [6.45, 7) is 1.87. The summed E-state index contributed by atoms with van der Waals surface area (Å²) >= 11 is 10.7.